The second kappa shape index (κ2) is 11.8. The Labute approximate surface area is 241 Å². The predicted molar refractivity (Wildman–Crippen MR) is 155 cm³/mol. The minimum absolute atomic E-state index is 0.0173. The van der Waals surface area contributed by atoms with Gasteiger partial charge in [-0.25, -0.2) is 12.7 Å². The second-order valence-electron chi connectivity index (χ2n) is 11.8. The summed E-state index contributed by atoms with van der Waals surface area (Å²) in [5.41, 5.74) is 0. The molecule has 0 spiro atoms. The number of carbonyl (C=O) groups is 1. The van der Waals surface area contributed by atoms with Crippen LogP contribution in [0.1, 0.15) is 93.3 Å². The minimum atomic E-state index is -3.22. The van der Waals surface area contributed by atoms with E-state index in [4.69, 9.17) is 11.6 Å². The van der Waals surface area contributed by atoms with Crippen LogP contribution in [-0.2, 0) is 14.8 Å². The van der Waals surface area contributed by atoms with Gasteiger partial charge in [-0.05, 0) is 64.0 Å². The highest BCUT2D eigenvalue weighted by molar-refractivity contribution is 7.88. The molecule has 3 aliphatic rings. The quantitative estimate of drug-likeness (QED) is 0.457. The highest BCUT2D eigenvalue weighted by Crippen LogP contribution is 2.42. The largest absolute Gasteiger partial charge is 0.348 e. The molecule has 2 aromatic rings. The van der Waals surface area contributed by atoms with Gasteiger partial charge in [-0.2, -0.15) is 0 Å². The molecule has 5 rings (SSSR count). The molecule has 0 aromatic carbocycles. The molecule has 2 aromatic heterocycles. The zero-order valence-corrected chi connectivity index (χ0v) is 25.7. The van der Waals surface area contributed by atoms with E-state index in [1.807, 2.05) is 12.1 Å². The van der Waals surface area contributed by atoms with E-state index in [0.29, 0.717) is 50.0 Å². The fraction of sp³-hybridized carbons (Fsp3) is 0.741. The molecule has 9 nitrogen and oxygen atoms in total. The van der Waals surface area contributed by atoms with E-state index in [0.717, 1.165) is 46.7 Å². The number of rotatable bonds is 9. The first-order chi connectivity index (χ1) is 18.5. The van der Waals surface area contributed by atoms with Crippen LogP contribution in [-0.4, -0.2) is 76.3 Å². The van der Waals surface area contributed by atoms with Gasteiger partial charge < -0.3 is 9.88 Å². The summed E-state index contributed by atoms with van der Waals surface area (Å²) in [4.78, 5) is 17.0. The van der Waals surface area contributed by atoms with Crippen LogP contribution >= 0.6 is 22.9 Å². The summed E-state index contributed by atoms with van der Waals surface area (Å²) in [6, 6.07) is 5.31. The third-order valence-electron chi connectivity index (χ3n) is 8.86. The molecule has 39 heavy (non-hydrogen) atoms. The number of amides is 1. The Morgan fingerprint density at radius 2 is 1.77 bits per heavy atom. The summed E-state index contributed by atoms with van der Waals surface area (Å²) in [7, 11) is -3.22. The molecular formula is C27H41ClN6O3S2. The predicted octanol–water partition coefficient (Wildman–Crippen LogP) is 4.51. The number of aryl methyl sites for hydroxylation is 1. The fourth-order valence-corrected chi connectivity index (χ4v) is 8.89. The highest BCUT2D eigenvalue weighted by Gasteiger charge is 2.42. The molecular weight excluding hydrogens is 556 g/mol. The SMILES string of the molecule is Cc1nnc(C(C)C)n1[C@@H]1C[C@H]2CC[C@@H](C1)N2CC[C@H](NC(=O)C1CCN(S(C)(=O)=O)CC1)c1ccc(Cl)s1. The van der Waals surface area contributed by atoms with Gasteiger partial charge in [0.05, 0.1) is 16.6 Å². The lowest BCUT2D eigenvalue weighted by Gasteiger charge is -2.40. The Morgan fingerprint density at radius 1 is 1.10 bits per heavy atom. The van der Waals surface area contributed by atoms with Crippen LogP contribution in [0.25, 0.3) is 0 Å². The van der Waals surface area contributed by atoms with E-state index in [-0.39, 0.29) is 17.9 Å². The van der Waals surface area contributed by atoms with Crippen molar-refractivity contribution in [1.82, 2.24) is 29.3 Å². The molecule has 216 valence electrons. The Kier molecular flexibility index (Phi) is 8.74. The number of sulfonamides is 1. The molecule has 3 saturated heterocycles. The van der Waals surface area contributed by atoms with Crippen LogP contribution in [0.2, 0.25) is 4.34 Å². The molecule has 0 radical (unpaired) electrons. The first kappa shape index (κ1) is 29.0. The van der Waals surface area contributed by atoms with Crippen LogP contribution in [0, 0.1) is 12.8 Å². The molecule has 3 aliphatic heterocycles. The Balaban J connectivity index is 1.23. The molecule has 1 amide bonds. The van der Waals surface area contributed by atoms with E-state index >= 15 is 0 Å². The van der Waals surface area contributed by atoms with Gasteiger partial charge in [0, 0.05) is 54.5 Å². The number of hydrogen-bond acceptors (Lipinski definition) is 7. The van der Waals surface area contributed by atoms with E-state index in [9.17, 15) is 13.2 Å². The van der Waals surface area contributed by atoms with Crippen molar-refractivity contribution in [2.75, 3.05) is 25.9 Å². The van der Waals surface area contributed by atoms with Gasteiger partial charge in [0.1, 0.15) is 11.6 Å². The maximum absolute atomic E-state index is 13.3. The number of hydrogen-bond donors (Lipinski definition) is 1. The van der Waals surface area contributed by atoms with Crippen molar-refractivity contribution in [2.45, 2.75) is 95.8 Å². The van der Waals surface area contributed by atoms with Crippen LogP contribution < -0.4 is 5.32 Å². The normalized spacial score (nSPS) is 25.8. The number of carbonyl (C=O) groups excluding carboxylic acids is 1. The van der Waals surface area contributed by atoms with Crippen LogP contribution in [0.4, 0.5) is 0 Å². The van der Waals surface area contributed by atoms with Gasteiger partial charge in [0.25, 0.3) is 0 Å². The van der Waals surface area contributed by atoms with Gasteiger partial charge >= 0.3 is 0 Å². The zero-order chi connectivity index (χ0) is 27.9. The Hall–Kier alpha value is -1.53. The minimum Gasteiger partial charge on any atom is -0.348 e. The zero-order valence-electron chi connectivity index (χ0n) is 23.3. The van der Waals surface area contributed by atoms with E-state index in [2.05, 4.69) is 45.8 Å². The summed E-state index contributed by atoms with van der Waals surface area (Å²) in [5.74, 6) is 2.29. The first-order valence-electron chi connectivity index (χ1n) is 14.2. The van der Waals surface area contributed by atoms with Crippen molar-refractivity contribution in [2.24, 2.45) is 5.92 Å². The summed E-state index contributed by atoms with van der Waals surface area (Å²) in [6.07, 6.45) is 7.79. The summed E-state index contributed by atoms with van der Waals surface area (Å²) in [6.45, 7) is 8.16. The lowest BCUT2D eigenvalue weighted by Crippen LogP contribution is -2.46. The van der Waals surface area contributed by atoms with Crippen molar-refractivity contribution in [3.63, 3.8) is 0 Å². The van der Waals surface area contributed by atoms with Crippen molar-refractivity contribution in [1.29, 1.82) is 0 Å². The van der Waals surface area contributed by atoms with Gasteiger partial charge in [0.2, 0.25) is 15.9 Å². The Bertz CT molecular complexity index is 1260. The first-order valence-corrected chi connectivity index (χ1v) is 17.2. The number of nitrogens with zero attached hydrogens (tertiary/aromatic N) is 5. The molecule has 0 unspecified atom stereocenters. The molecule has 3 fully saturated rings. The van der Waals surface area contributed by atoms with Crippen molar-refractivity contribution >= 4 is 38.9 Å². The highest BCUT2D eigenvalue weighted by atomic mass is 35.5. The lowest BCUT2D eigenvalue weighted by molar-refractivity contribution is -0.127. The maximum atomic E-state index is 13.3. The molecule has 4 atom stereocenters. The van der Waals surface area contributed by atoms with Gasteiger partial charge in [-0.3, -0.25) is 9.69 Å². The van der Waals surface area contributed by atoms with Gasteiger partial charge in [-0.15, -0.1) is 21.5 Å². The van der Waals surface area contributed by atoms with Crippen molar-refractivity contribution in [3.05, 3.63) is 33.0 Å². The number of halogens is 1. The number of piperidine rings is 2. The summed E-state index contributed by atoms with van der Waals surface area (Å²) in [5, 5.41) is 12.2. The van der Waals surface area contributed by atoms with Crippen molar-refractivity contribution in [3.8, 4) is 0 Å². The third kappa shape index (κ3) is 6.37. The maximum Gasteiger partial charge on any atom is 0.223 e. The van der Waals surface area contributed by atoms with E-state index in [1.165, 1.54) is 34.7 Å². The third-order valence-corrected chi connectivity index (χ3v) is 11.5. The smallest absolute Gasteiger partial charge is 0.223 e. The second-order valence-corrected chi connectivity index (χ2v) is 15.5. The molecule has 0 saturated carbocycles. The summed E-state index contributed by atoms with van der Waals surface area (Å²) >= 11 is 7.81. The number of nitrogens with one attached hydrogen (secondary N) is 1. The number of thiophene rings is 1. The van der Waals surface area contributed by atoms with E-state index < -0.39 is 10.0 Å². The van der Waals surface area contributed by atoms with Crippen LogP contribution in [0.5, 0.6) is 0 Å². The van der Waals surface area contributed by atoms with Crippen molar-refractivity contribution < 1.29 is 13.2 Å². The fourth-order valence-electron chi connectivity index (χ4n) is 6.87. The molecule has 1 N–H and O–H groups in total. The van der Waals surface area contributed by atoms with Crippen LogP contribution in [0.3, 0.4) is 0 Å². The molecule has 12 heteroatoms. The van der Waals surface area contributed by atoms with E-state index in [1.54, 1.807) is 0 Å². The molecule has 2 bridgehead atoms. The topological polar surface area (TPSA) is 100 Å². The Morgan fingerprint density at radius 3 is 2.33 bits per heavy atom. The summed E-state index contributed by atoms with van der Waals surface area (Å²) < 4.78 is 28.3. The monoisotopic (exact) mass is 596 g/mol. The molecule has 0 aliphatic carbocycles. The molecule has 5 heterocycles. The van der Waals surface area contributed by atoms with Gasteiger partial charge in [0.15, 0.2) is 0 Å². The van der Waals surface area contributed by atoms with Gasteiger partial charge in [-0.1, -0.05) is 25.4 Å². The number of fused-ring (bicyclic) bond motifs is 2. The average Bonchev–Trinajstić information content (AvgIpc) is 3.56. The lowest BCUT2D eigenvalue weighted by atomic mass is 9.95. The van der Waals surface area contributed by atoms with Crippen LogP contribution in [0.15, 0.2) is 12.1 Å². The number of aromatic nitrogens is 3. The standard InChI is InChI=1S/C27H41ClN6O3S2/c1-17(2)26-31-30-18(3)34(26)22-15-20-5-6-21(16-22)33(20)14-11-23(24-7-8-25(28)38-24)29-27(35)19-9-12-32(13-10-19)39(4,36)37/h7-8,17,19-23H,5-6,9-16H2,1-4H3,(H,29,35)/t20-,21+,22-,23-/m0/s1. The average molecular weight is 597 g/mol.